The molecule has 0 bridgehead atoms. The Morgan fingerprint density at radius 3 is 2.44 bits per heavy atom. The molecule has 6 nitrogen and oxygen atoms in total. The Morgan fingerprint density at radius 1 is 1.04 bits per heavy atom. The normalized spacial score (nSPS) is 22.4. The molecule has 0 radical (unpaired) electrons. The summed E-state index contributed by atoms with van der Waals surface area (Å²) in [6, 6.07) is 16.0. The molecule has 45 heavy (non-hydrogen) atoms. The third kappa shape index (κ3) is 8.80. The van der Waals surface area contributed by atoms with Crippen molar-refractivity contribution in [3.05, 3.63) is 84.0 Å². The van der Waals surface area contributed by atoms with Crippen molar-refractivity contribution in [2.45, 2.75) is 105 Å². The van der Waals surface area contributed by atoms with Crippen LogP contribution >= 0.6 is 0 Å². The van der Waals surface area contributed by atoms with Crippen LogP contribution < -0.4 is 4.74 Å². The molecule has 1 saturated carbocycles. The van der Waals surface area contributed by atoms with Gasteiger partial charge in [0.25, 0.3) is 5.91 Å². The first-order valence-corrected chi connectivity index (χ1v) is 16.7. The van der Waals surface area contributed by atoms with E-state index in [1.165, 1.54) is 6.42 Å². The van der Waals surface area contributed by atoms with E-state index in [4.69, 9.17) is 9.47 Å². The highest BCUT2D eigenvalue weighted by molar-refractivity contribution is 6.20. The number of allylic oxidation sites excluding steroid dienone is 2. The Balaban J connectivity index is 1.65. The molecular formula is C39H54N2O4. The molecule has 0 aromatic heterocycles. The predicted octanol–water partition coefficient (Wildman–Crippen LogP) is 8.98. The number of piperazine rings is 1. The topological polar surface area (TPSA) is 59.1 Å². The summed E-state index contributed by atoms with van der Waals surface area (Å²) in [6.45, 7) is 20.5. The summed E-state index contributed by atoms with van der Waals surface area (Å²) in [6.07, 6.45) is 9.22. The SMILES string of the molecule is C=C/C=C(/C(=O)N1CCN(C(=O)OC(C)(C)C)C2(CCC(CC)CC(C)(C)CC2)C1)c1cc(OCc2ccccc2)ccc1C. The van der Waals surface area contributed by atoms with Crippen molar-refractivity contribution in [1.29, 1.82) is 0 Å². The molecule has 2 fully saturated rings. The molecular weight excluding hydrogens is 560 g/mol. The lowest BCUT2D eigenvalue weighted by Gasteiger charge is -2.53. The molecule has 1 saturated heterocycles. The lowest BCUT2D eigenvalue weighted by molar-refractivity contribution is -0.132. The van der Waals surface area contributed by atoms with E-state index in [9.17, 15) is 9.59 Å². The molecule has 4 rings (SSSR count). The van der Waals surface area contributed by atoms with Crippen molar-refractivity contribution < 1.29 is 19.1 Å². The zero-order valence-electron chi connectivity index (χ0n) is 28.7. The largest absolute Gasteiger partial charge is 0.489 e. The first-order valence-electron chi connectivity index (χ1n) is 16.7. The lowest BCUT2D eigenvalue weighted by Crippen LogP contribution is -2.66. The highest BCUT2D eigenvalue weighted by Crippen LogP contribution is 2.44. The highest BCUT2D eigenvalue weighted by Gasteiger charge is 2.48. The van der Waals surface area contributed by atoms with Crippen molar-refractivity contribution in [1.82, 2.24) is 9.80 Å². The van der Waals surface area contributed by atoms with E-state index in [1.807, 2.05) is 92.1 Å². The Kier molecular flexibility index (Phi) is 10.9. The third-order valence-corrected chi connectivity index (χ3v) is 9.52. The maximum Gasteiger partial charge on any atom is 0.410 e. The van der Waals surface area contributed by atoms with Crippen LogP contribution in [0.4, 0.5) is 4.79 Å². The van der Waals surface area contributed by atoms with E-state index in [0.29, 0.717) is 43.5 Å². The summed E-state index contributed by atoms with van der Waals surface area (Å²) in [5, 5.41) is 0. The van der Waals surface area contributed by atoms with Crippen molar-refractivity contribution in [3.63, 3.8) is 0 Å². The van der Waals surface area contributed by atoms with E-state index in [1.54, 1.807) is 6.08 Å². The van der Waals surface area contributed by atoms with E-state index in [0.717, 1.165) is 48.8 Å². The molecule has 1 aliphatic carbocycles. The van der Waals surface area contributed by atoms with Gasteiger partial charge < -0.3 is 14.4 Å². The first kappa shape index (κ1) is 34.3. The molecule has 1 spiro atoms. The van der Waals surface area contributed by atoms with E-state index < -0.39 is 11.1 Å². The minimum Gasteiger partial charge on any atom is -0.489 e. The number of benzene rings is 2. The minimum atomic E-state index is -0.594. The molecule has 2 atom stereocenters. The van der Waals surface area contributed by atoms with Crippen LogP contribution in [0, 0.1) is 18.3 Å². The fourth-order valence-electron chi connectivity index (χ4n) is 6.97. The predicted molar refractivity (Wildman–Crippen MR) is 183 cm³/mol. The van der Waals surface area contributed by atoms with Crippen LogP contribution in [0.1, 0.15) is 96.8 Å². The third-order valence-electron chi connectivity index (χ3n) is 9.52. The quantitative estimate of drug-likeness (QED) is 0.231. The van der Waals surface area contributed by atoms with Gasteiger partial charge in [-0.25, -0.2) is 4.79 Å². The van der Waals surface area contributed by atoms with Gasteiger partial charge in [-0.1, -0.05) is 76.2 Å². The van der Waals surface area contributed by atoms with E-state index in [2.05, 4.69) is 27.4 Å². The highest BCUT2D eigenvalue weighted by atomic mass is 16.6. The summed E-state index contributed by atoms with van der Waals surface area (Å²) in [7, 11) is 0. The monoisotopic (exact) mass is 614 g/mol. The van der Waals surface area contributed by atoms with Crippen molar-refractivity contribution in [3.8, 4) is 5.75 Å². The maximum absolute atomic E-state index is 14.5. The van der Waals surface area contributed by atoms with Crippen LogP contribution in [0.15, 0.2) is 67.3 Å². The smallest absolute Gasteiger partial charge is 0.410 e. The number of aryl methyl sites for hydroxylation is 1. The van der Waals surface area contributed by atoms with Crippen LogP contribution in [0.3, 0.4) is 0 Å². The molecule has 0 N–H and O–H groups in total. The summed E-state index contributed by atoms with van der Waals surface area (Å²) in [5.74, 6) is 1.25. The average molecular weight is 615 g/mol. The van der Waals surface area contributed by atoms with E-state index in [-0.39, 0.29) is 17.4 Å². The van der Waals surface area contributed by atoms with Crippen LogP contribution in [0.2, 0.25) is 0 Å². The second-order valence-electron chi connectivity index (χ2n) is 14.8. The van der Waals surface area contributed by atoms with Gasteiger partial charge in [-0.2, -0.15) is 0 Å². The van der Waals surface area contributed by atoms with Gasteiger partial charge in [0.15, 0.2) is 0 Å². The van der Waals surface area contributed by atoms with Crippen LogP contribution in [0.25, 0.3) is 5.57 Å². The molecule has 6 heteroatoms. The zero-order valence-corrected chi connectivity index (χ0v) is 28.7. The zero-order chi connectivity index (χ0) is 32.8. The number of ether oxygens (including phenoxy) is 2. The number of amides is 2. The summed E-state index contributed by atoms with van der Waals surface area (Å²) < 4.78 is 12.1. The summed E-state index contributed by atoms with van der Waals surface area (Å²) in [5.41, 5.74) is 2.57. The fourth-order valence-corrected chi connectivity index (χ4v) is 6.97. The van der Waals surface area contributed by atoms with Crippen molar-refractivity contribution in [2.24, 2.45) is 11.3 Å². The number of rotatable bonds is 7. The van der Waals surface area contributed by atoms with Gasteiger partial charge in [-0.05, 0) is 106 Å². The maximum atomic E-state index is 14.5. The van der Waals surface area contributed by atoms with Gasteiger partial charge in [-0.15, -0.1) is 0 Å². The van der Waals surface area contributed by atoms with Gasteiger partial charge in [0.1, 0.15) is 18.0 Å². The second-order valence-corrected chi connectivity index (χ2v) is 14.8. The molecule has 2 aromatic carbocycles. The number of hydrogen-bond donors (Lipinski definition) is 0. The number of nitrogens with zero attached hydrogens (tertiary/aromatic N) is 2. The molecule has 244 valence electrons. The Hall–Kier alpha value is -3.54. The Morgan fingerprint density at radius 2 is 1.78 bits per heavy atom. The van der Waals surface area contributed by atoms with Gasteiger partial charge in [-0.3, -0.25) is 9.69 Å². The first-order chi connectivity index (χ1) is 21.3. The molecule has 2 aliphatic rings. The molecule has 2 unspecified atom stereocenters. The van der Waals surface area contributed by atoms with Crippen molar-refractivity contribution in [2.75, 3.05) is 19.6 Å². The minimum absolute atomic E-state index is 0.0465. The van der Waals surface area contributed by atoms with Gasteiger partial charge in [0.05, 0.1) is 5.54 Å². The van der Waals surface area contributed by atoms with Crippen LogP contribution in [-0.4, -0.2) is 52.6 Å². The van der Waals surface area contributed by atoms with Gasteiger partial charge in [0.2, 0.25) is 0 Å². The molecule has 2 aromatic rings. The summed E-state index contributed by atoms with van der Waals surface area (Å²) >= 11 is 0. The summed E-state index contributed by atoms with van der Waals surface area (Å²) in [4.78, 5) is 32.2. The molecule has 2 amide bonds. The fraction of sp³-hybridized carbons (Fsp3) is 0.538. The van der Waals surface area contributed by atoms with Crippen LogP contribution in [0.5, 0.6) is 5.75 Å². The second kappa shape index (κ2) is 14.3. The van der Waals surface area contributed by atoms with Crippen LogP contribution in [-0.2, 0) is 16.1 Å². The Labute approximate surface area is 271 Å². The number of carbonyl (C=O) groups excluding carboxylic acids is 2. The van der Waals surface area contributed by atoms with Gasteiger partial charge >= 0.3 is 6.09 Å². The number of hydrogen-bond acceptors (Lipinski definition) is 4. The Bertz CT molecular complexity index is 1370. The number of carbonyl (C=O) groups is 2. The van der Waals surface area contributed by atoms with Gasteiger partial charge in [0, 0.05) is 25.2 Å². The molecule has 1 aliphatic heterocycles. The van der Waals surface area contributed by atoms with Crippen molar-refractivity contribution >= 4 is 17.6 Å². The average Bonchev–Trinajstić information content (AvgIpc) is 2.99. The standard InChI is InChI=1S/C39H54N2O4/c1-9-14-33(34-25-32(18-17-29(34)3)44-27-31-15-12-11-13-16-31)35(42)40-23-24-41(36(43)45-37(4,5)6)39(28-40)20-19-30(10-2)26-38(7,8)21-22-39/h9,11-18,25,30H,1,10,19-24,26-28H2,2-8H3/b33-14+. The lowest BCUT2D eigenvalue weighted by atomic mass is 9.68. The molecule has 1 heterocycles. The van der Waals surface area contributed by atoms with E-state index >= 15 is 0 Å².